The Balaban J connectivity index is 1.95. The summed E-state index contributed by atoms with van der Waals surface area (Å²) in [4.78, 5) is 35.5. The van der Waals surface area contributed by atoms with Crippen LogP contribution in [-0.2, 0) is 14.4 Å². The lowest BCUT2D eigenvalue weighted by molar-refractivity contribution is -0.139. The highest BCUT2D eigenvalue weighted by atomic mass is 16.5. The van der Waals surface area contributed by atoms with Gasteiger partial charge in [0.15, 0.2) is 18.1 Å². The van der Waals surface area contributed by atoms with Gasteiger partial charge >= 0.3 is 11.8 Å². The molecule has 0 aliphatic carbocycles. The Morgan fingerprint density at radius 1 is 1.06 bits per heavy atom. The second kappa shape index (κ2) is 11.5. The maximum Gasteiger partial charge on any atom is 0.329 e. The smallest absolute Gasteiger partial charge is 0.329 e. The van der Waals surface area contributed by atoms with E-state index >= 15 is 0 Å². The van der Waals surface area contributed by atoms with Crippen LogP contribution in [0.1, 0.15) is 30.5 Å². The molecule has 0 bridgehead atoms. The highest BCUT2D eigenvalue weighted by Crippen LogP contribution is 2.27. The molecule has 0 saturated carbocycles. The van der Waals surface area contributed by atoms with E-state index in [0.29, 0.717) is 17.1 Å². The Morgan fingerprint density at radius 3 is 2.50 bits per heavy atom. The third-order valence-electron chi connectivity index (χ3n) is 4.43. The molecule has 2 aromatic carbocycles. The van der Waals surface area contributed by atoms with Crippen LogP contribution in [0.3, 0.4) is 0 Å². The zero-order valence-electron chi connectivity index (χ0n) is 18.8. The third kappa shape index (κ3) is 7.12. The number of aryl methyl sites for hydroxylation is 1. The predicted octanol–water partition coefficient (Wildman–Crippen LogP) is 2.30. The maximum atomic E-state index is 12.3. The molecule has 0 aliphatic heterocycles. The molecule has 3 amide bonds. The highest BCUT2D eigenvalue weighted by molar-refractivity contribution is 6.35. The predicted molar refractivity (Wildman–Crippen MR) is 122 cm³/mol. The number of hydrogen-bond acceptors (Lipinski definition) is 6. The molecule has 9 heteroatoms. The first-order valence-corrected chi connectivity index (χ1v) is 10.0. The van der Waals surface area contributed by atoms with Crippen LogP contribution in [0.5, 0.6) is 11.5 Å². The minimum atomic E-state index is -0.864. The topological polar surface area (TPSA) is 118 Å². The van der Waals surface area contributed by atoms with Crippen molar-refractivity contribution in [1.82, 2.24) is 10.7 Å². The zero-order chi connectivity index (χ0) is 23.7. The number of benzene rings is 2. The van der Waals surface area contributed by atoms with Crippen LogP contribution >= 0.6 is 0 Å². The van der Waals surface area contributed by atoms with Gasteiger partial charge in [-0.3, -0.25) is 14.4 Å². The van der Waals surface area contributed by atoms with Crippen molar-refractivity contribution in [2.75, 3.05) is 19.0 Å². The number of rotatable bonds is 8. The van der Waals surface area contributed by atoms with Crippen molar-refractivity contribution in [3.8, 4) is 11.5 Å². The van der Waals surface area contributed by atoms with Crippen LogP contribution in [-0.4, -0.2) is 43.7 Å². The Kier molecular flexibility index (Phi) is 8.76. The molecular formula is C23H28N4O5. The molecule has 0 spiro atoms. The summed E-state index contributed by atoms with van der Waals surface area (Å²) < 4.78 is 10.9. The van der Waals surface area contributed by atoms with Crippen molar-refractivity contribution in [3.63, 3.8) is 0 Å². The van der Waals surface area contributed by atoms with E-state index in [9.17, 15) is 14.4 Å². The molecule has 0 saturated heterocycles. The van der Waals surface area contributed by atoms with E-state index in [2.05, 4.69) is 21.2 Å². The van der Waals surface area contributed by atoms with Crippen molar-refractivity contribution >= 4 is 29.6 Å². The fourth-order valence-electron chi connectivity index (χ4n) is 2.64. The SMILES string of the molecule is COc1cc(/C=N\NC(=O)C(=O)NC(C)C)ccc1OCC(=O)Nc1cccc(C)c1C. The summed E-state index contributed by atoms with van der Waals surface area (Å²) in [5.74, 6) is -1.17. The zero-order valence-corrected chi connectivity index (χ0v) is 18.8. The van der Waals surface area contributed by atoms with E-state index in [1.165, 1.54) is 13.3 Å². The van der Waals surface area contributed by atoms with E-state index in [1.807, 2.05) is 32.0 Å². The van der Waals surface area contributed by atoms with Crippen molar-refractivity contribution < 1.29 is 23.9 Å². The molecule has 2 aromatic rings. The normalized spacial score (nSPS) is 10.7. The number of carbonyl (C=O) groups is 3. The standard InChI is InChI=1S/C23H28N4O5/c1-14(2)25-22(29)23(30)27-24-12-17-9-10-19(20(11-17)31-5)32-13-21(28)26-18-8-6-7-15(3)16(18)4/h6-12,14H,13H2,1-5H3,(H,25,29)(H,26,28)(H,27,30)/b24-12-. The van der Waals surface area contributed by atoms with Crippen LogP contribution in [0.4, 0.5) is 5.69 Å². The van der Waals surface area contributed by atoms with Gasteiger partial charge in [0.25, 0.3) is 5.91 Å². The Hall–Kier alpha value is -3.88. The Bertz CT molecular complexity index is 1020. The first kappa shape index (κ1) is 24.4. The van der Waals surface area contributed by atoms with E-state index in [4.69, 9.17) is 9.47 Å². The number of nitrogens with one attached hydrogen (secondary N) is 3. The molecule has 2 rings (SSSR count). The van der Waals surface area contributed by atoms with Gasteiger partial charge in [0.2, 0.25) is 0 Å². The molecule has 0 heterocycles. The molecule has 0 unspecified atom stereocenters. The summed E-state index contributed by atoms with van der Waals surface area (Å²) in [7, 11) is 1.47. The maximum absolute atomic E-state index is 12.3. The number of ether oxygens (including phenoxy) is 2. The van der Waals surface area contributed by atoms with Gasteiger partial charge in [-0.2, -0.15) is 5.10 Å². The third-order valence-corrected chi connectivity index (χ3v) is 4.43. The second-order valence-electron chi connectivity index (χ2n) is 7.32. The minimum Gasteiger partial charge on any atom is -0.493 e. The van der Waals surface area contributed by atoms with Crippen molar-refractivity contribution in [2.24, 2.45) is 5.10 Å². The van der Waals surface area contributed by atoms with Gasteiger partial charge in [-0.25, -0.2) is 5.43 Å². The molecule has 0 aliphatic rings. The fraction of sp³-hybridized carbons (Fsp3) is 0.304. The van der Waals surface area contributed by atoms with Gasteiger partial charge in [0.1, 0.15) is 0 Å². The number of carbonyl (C=O) groups excluding carboxylic acids is 3. The Morgan fingerprint density at radius 2 is 1.81 bits per heavy atom. The highest BCUT2D eigenvalue weighted by Gasteiger charge is 2.13. The number of methoxy groups -OCH3 is 1. The molecule has 0 radical (unpaired) electrons. The van der Waals surface area contributed by atoms with Crippen LogP contribution in [0.25, 0.3) is 0 Å². The van der Waals surface area contributed by atoms with E-state index < -0.39 is 11.8 Å². The summed E-state index contributed by atoms with van der Waals surface area (Å²) in [6.45, 7) is 7.21. The van der Waals surface area contributed by atoms with Crippen molar-refractivity contribution in [3.05, 3.63) is 53.1 Å². The second-order valence-corrected chi connectivity index (χ2v) is 7.32. The van der Waals surface area contributed by atoms with Gasteiger partial charge in [0, 0.05) is 11.7 Å². The lowest BCUT2D eigenvalue weighted by atomic mass is 10.1. The van der Waals surface area contributed by atoms with Crippen LogP contribution < -0.4 is 25.5 Å². The van der Waals surface area contributed by atoms with Crippen LogP contribution in [0, 0.1) is 13.8 Å². The minimum absolute atomic E-state index is 0.156. The van der Waals surface area contributed by atoms with Gasteiger partial charge in [-0.05, 0) is 68.7 Å². The largest absolute Gasteiger partial charge is 0.493 e. The molecule has 0 atom stereocenters. The van der Waals surface area contributed by atoms with Crippen LogP contribution in [0.2, 0.25) is 0 Å². The van der Waals surface area contributed by atoms with Gasteiger partial charge in [-0.1, -0.05) is 12.1 Å². The number of hydrazone groups is 1. The van der Waals surface area contributed by atoms with E-state index in [-0.39, 0.29) is 18.6 Å². The monoisotopic (exact) mass is 440 g/mol. The lowest BCUT2D eigenvalue weighted by Crippen LogP contribution is -2.41. The first-order valence-electron chi connectivity index (χ1n) is 10.0. The molecule has 3 N–H and O–H groups in total. The van der Waals surface area contributed by atoms with E-state index in [0.717, 1.165) is 16.8 Å². The average Bonchev–Trinajstić information content (AvgIpc) is 2.75. The summed E-state index contributed by atoms with van der Waals surface area (Å²) >= 11 is 0. The Labute approximate surface area is 187 Å². The summed E-state index contributed by atoms with van der Waals surface area (Å²) in [6, 6.07) is 10.5. The van der Waals surface area contributed by atoms with Crippen molar-refractivity contribution in [2.45, 2.75) is 33.7 Å². The van der Waals surface area contributed by atoms with Crippen molar-refractivity contribution in [1.29, 1.82) is 0 Å². The molecule has 170 valence electrons. The van der Waals surface area contributed by atoms with Gasteiger partial charge in [-0.15, -0.1) is 0 Å². The molecule has 0 fully saturated rings. The lowest BCUT2D eigenvalue weighted by Gasteiger charge is -2.13. The van der Waals surface area contributed by atoms with Crippen LogP contribution in [0.15, 0.2) is 41.5 Å². The quantitative estimate of drug-likeness (QED) is 0.331. The van der Waals surface area contributed by atoms with Gasteiger partial charge in [0.05, 0.1) is 13.3 Å². The molecular weight excluding hydrogens is 412 g/mol. The van der Waals surface area contributed by atoms with E-state index in [1.54, 1.807) is 32.0 Å². The number of anilines is 1. The molecule has 0 aromatic heterocycles. The fourth-order valence-corrected chi connectivity index (χ4v) is 2.64. The average molecular weight is 441 g/mol. The summed E-state index contributed by atoms with van der Waals surface area (Å²) in [5.41, 5.74) is 5.57. The van der Waals surface area contributed by atoms with Gasteiger partial charge < -0.3 is 20.1 Å². The summed E-state index contributed by atoms with van der Waals surface area (Å²) in [5, 5.41) is 9.06. The molecule has 32 heavy (non-hydrogen) atoms. The number of amides is 3. The summed E-state index contributed by atoms with van der Waals surface area (Å²) in [6.07, 6.45) is 1.36. The number of nitrogens with zero attached hydrogens (tertiary/aromatic N) is 1. The first-order chi connectivity index (χ1) is 15.2. The molecule has 9 nitrogen and oxygen atoms in total. The number of hydrogen-bond donors (Lipinski definition) is 3.